The van der Waals surface area contributed by atoms with Crippen molar-refractivity contribution in [1.29, 1.82) is 0 Å². The third-order valence-electron chi connectivity index (χ3n) is 3.97. The van der Waals surface area contributed by atoms with Crippen molar-refractivity contribution in [3.05, 3.63) is 0 Å². The normalized spacial score (nSPS) is 29.6. The highest BCUT2D eigenvalue weighted by Gasteiger charge is 2.35. The third-order valence-corrected chi connectivity index (χ3v) is 3.97. The van der Waals surface area contributed by atoms with Crippen LogP contribution in [0.1, 0.15) is 39.5 Å². The monoisotopic (exact) mass is 238 g/mol. The van der Waals surface area contributed by atoms with Gasteiger partial charge in [-0.1, -0.05) is 13.8 Å². The van der Waals surface area contributed by atoms with Crippen LogP contribution in [0.25, 0.3) is 0 Å². The molecule has 2 aliphatic rings. The average molecular weight is 238 g/mol. The zero-order chi connectivity index (χ0) is 12.4. The molecule has 0 aromatic carbocycles. The zero-order valence-electron chi connectivity index (χ0n) is 10.7. The van der Waals surface area contributed by atoms with Gasteiger partial charge in [-0.05, 0) is 25.2 Å². The van der Waals surface area contributed by atoms with Crippen molar-refractivity contribution < 1.29 is 9.59 Å². The number of piperidine rings is 1. The first kappa shape index (κ1) is 12.4. The van der Waals surface area contributed by atoms with Crippen LogP contribution < -0.4 is 5.32 Å². The van der Waals surface area contributed by atoms with Crippen molar-refractivity contribution >= 4 is 11.8 Å². The molecule has 4 heteroatoms. The summed E-state index contributed by atoms with van der Waals surface area (Å²) in [6.07, 6.45) is 3.46. The van der Waals surface area contributed by atoms with E-state index in [4.69, 9.17) is 0 Å². The molecule has 0 aliphatic carbocycles. The Morgan fingerprint density at radius 3 is 2.76 bits per heavy atom. The maximum Gasteiger partial charge on any atom is 0.227 e. The Balaban J connectivity index is 1.97. The summed E-state index contributed by atoms with van der Waals surface area (Å²) in [7, 11) is 0. The van der Waals surface area contributed by atoms with Gasteiger partial charge in [0, 0.05) is 25.6 Å². The van der Waals surface area contributed by atoms with Crippen molar-refractivity contribution in [1.82, 2.24) is 10.2 Å². The van der Waals surface area contributed by atoms with Crippen LogP contribution >= 0.6 is 0 Å². The highest BCUT2D eigenvalue weighted by Crippen LogP contribution is 2.26. The number of amides is 2. The molecule has 1 N–H and O–H groups in total. The number of hydrogen-bond acceptors (Lipinski definition) is 2. The number of nitrogens with zero attached hydrogens (tertiary/aromatic N) is 1. The van der Waals surface area contributed by atoms with Crippen LogP contribution in [0.2, 0.25) is 0 Å². The van der Waals surface area contributed by atoms with E-state index in [1.165, 1.54) is 0 Å². The molecule has 4 nitrogen and oxygen atoms in total. The van der Waals surface area contributed by atoms with Crippen molar-refractivity contribution in [3.8, 4) is 0 Å². The summed E-state index contributed by atoms with van der Waals surface area (Å²) in [5.74, 6) is 0.865. The second kappa shape index (κ2) is 5.07. The Bertz CT molecular complexity index is 305. The predicted molar refractivity (Wildman–Crippen MR) is 65.3 cm³/mol. The summed E-state index contributed by atoms with van der Waals surface area (Å²) in [5.41, 5.74) is 0. The van der Waals surface area contributed by atoms with Gasteiger partial charge in [0.05, 0.1) is 5.92 Å². The van der Waals surface area contributed by atoms with E-state index >= 15 is 0 Å². The Kier molecular flexibility index (Phi) is 3.69. The predicted octanol–water partition coefficient (Wildman–Crippen LogP) is 1.16. The molecule has 2 fully saturated rings. The van der Waals surface area contributed by atoms with E-state index in [-0.39, 0.29) is 17.7 Å². The maximum absolute atomic E-state index is 12.4. The van der Waals surface area contributed by atoms with E-state index in [0.717, 1.165) is 19.4 Å². The minimum atomic E-state index is 0.00653. The van der Waals surface area contributed by atoms with Crippen LogP contribution in [0.15, 0.2) is 0 Å². The van der Waals surface area contributed by atoms with E-state index in [2.05, 4.69) is 19.2 Å². The first-order valence-corrected chi connectivity index (χ1v) is 6.66. The van der Waals surface area contributed by atoms with Crippen LogP contribution in [0.3, 0.4) is 0 Å². The average Bonchev–Trinajstić information content (AvgIpc) is 2.78. The van der Waals surface area contributed by atoms with Gasteiger partial charge in [-0.2, -0.15) is 0 Å². The number of hydrogen-bond donors (Lipinski definition) is 1. The van der Waals surface area contributed by atoms with E-state index < -0.39 is 0 Å². The van der Waals surface area contributed by atoms with Crippen molar-refractivity contribution in [2.45, 2.75) is 45.6 Å². The second-order valence-electron chi connectivity index (χ2n) is 5.52. The maximum atomic E-state index is 12.4. The molecular formula is C13H22N2O2. The summed E-state index contributed by atoms with van der Waals surface area (Å²) < 4.78 is 0. The molecule has 0 aromatic rings. The van der Waals surface area contributed by atoms with Gasteiger partial charge in [0.2, 0.25) is 11.8 Å². The lowest BCUT2D eigenvalue weighted by Crippen LogP contribution is -2.47. The fourth-order valence-corrected chi connectivity index (χ4v) is 2.94. The highest BCUT2D eigenvalue weighted by molar-refractivity contribution is 5.84. The molecule has 2 amide bonds. The van der Waals surface area contributed by atoms with E-state index in [1.54, 1.807) is 0 Å². The molecule has 2 aliphatic heterocycles. The van der Waals surface area contributed by atoms with Gasteiger partial charge in [-0.15, -0.1) is 0 Å². The van der Waals surface area contributed by atoms with Gasteiger partial charge in [0.15, 0.2) is 0 Å². The van der Waals surface area contributed by atoms with Crippen molar-refractivity contribution in [3.63, 3.8) is 0 Å². The van der Waals surface area contributed by atoms with Gasteiger partial charge in [0.1, 0.15) is 0 Å². The van der Waals surface area contributed by atoms with Gasteiger partial charge >= 0.3 is 0 Å². The summed E-state index contributed by atoms with van der Waals surface area (Å²) in [5, 5.41) is 2.79. The minimum Gasteiger partial charge on any atom is -0.355 e. The molecule has 0 bridgehead atoms. The third kappa shape index (κ3) is 2.61. The fourth-order valence-electron chi connectivity index (χ4n) is 2.94. The molecule has 0 aromatic heterocycles. The Morgan fingerprint density at radius 1 is 1.41 bits per heavy atom. The smallest absolute Gasteiger partial charge is 0.227 e. The highest BCUT2D eigenvalue weighted by atomic mass is 16.2. The molecule has 2 unspecified atom stereocenters. The second-order valence-corrected chi connectivity index (χ2v) is 5.52. The first-order chi connectivity index (χ1) is 8.09. The SMILES string of the molecule is CC(C)C1CCCN1C(=O)C1CCC(=O)NC1. The standard InChI is InChI=1S/C13H22N2O2/c1-9(2)11-4-3-7-15(11)13(17)10-5-6-12(16)14-8-10/h9-11H,3-8H2,1-2H3,(H,14,16). The number of carbonyl (C=O) groups excluding carboxylic acids is 2. The van der Waals surface area contributed by atoms with Crippen LogP contribution in [0, 0.1) is 11.8 Å². The topological polar surface area (TPSA) is 49.4 Å². The van der Waals surface area contributed by atoms with E-state index in [1.807, 2.05) is 4.90 Å². The number of carbonyl (C=O) groups is 2. The van der Waals surface area contributed by atoms with Crippen molar-refractivity contribution in [2.75, 3.05) is 13.1 Å². The molecule has 2 heterocycles. The van der Waals surface area contributed by atoms with E-state index in [9.17, 15) is 9.59 Å². The van der Waals surface area contributed by atoms with Gasteiger partial charge in [-0.25, -0.2) is 0 Å². The Morgan fingerprint density at radius 2 is 2.18 bits per heavy atom. The molecule has 2 rings (SSSR count). The molecular weight excluding hydrogens is 216 g/mol. The van der Waals surface area contributed by atoms with Crippen LogP contribution in [0.5, 0.6) is 0 Å². The fraction of sp³-hybridized carbons (Fsp3) is 0.846. The minimum absolute atomic E-state index is 0.00653. The molecule has 0 saturated carbocycles. The molecule has 2 atom stereocenters. The lowest BCUT2D eigenvalue weighted by molar-refractivity contribution is -0.139. The van der Waals surface area contributed by atoms with E-state index in [0.29, 0.717) is 31.3 Å². The number of nitrogens with one attached hydrogen (secondary N) is 1. The molecule has 0 spiro atoms. The first-order valence-electron chi connectivity index (χ1n) is 6.66. The lowest BCUT2D eigenvalue weighted by Gasteiger charge is -2.32. The largest absolute Gasteiger partial charge is 0.355 e. The van der Waals surface area contributed by atoms with Crippen LogP contribution in [-0.2, 0) is 9.59 Å². The summed E-state index contributed by atoms with van der Waals surface area (Å²) in [4.78, 5) is 25.5. The lowest BCUT2D eigenvalue weighted by atomic mass is 9.95. The molecule has 17 heavy (non-hydrogen) atoms. The van der Waals surface area contributed by atoms with Gasteiger partial charge in [0.25, 0.3) is 0 Å². The van der Waals surface area contributed by atoms with Crippen LogP contribution in [0.4, 0.5) is 0 Å². The molecule has 96 valence electrons. The van der Waals surface area contributed by atoms with Crippen molar-refractivity contribution in [2.24, 2.45) is 11.8 Å². The quantitative estimate of drug-likeness (QED) is 0.785. The van der Waals surface area contributed by atoms with Crippen LogP contribution in [-0.4, -0.2) is 35.8 Å². The number of likely N-dealkylation sites (tertiary alicyclic amines) is 1. The number of rotatable bonds is 2. The Labute approximate surface area is 103 Å². The molecule has 2 saturated heterocycles. The Hall–Kier alpha value is -1.06. The summed E-state index contributed by atoms with van der Waals surface area (Å²) >= 11 is 0. The summed E-state index contributed by atoms with van der Waals surface area (Å²) in [6, 6.07) is 0.403. The molecule has 0 radical (unpaired) electrons. The zero-order valence-corrected chi connectivity index (χ0v) is 10.7. The van der Waals surface area contributed by atoms with Gasteiger partial charge < -0.3 is 10.2 Å². The summed E-state index contributed by atoms with van der Waals surface area (Å²) in [6.45, 7) is 5.78. The van der Waals surface area contributed by atoms with Gasteiger partial charge in [-0.3, -0.25) is 9.59 Å².